The Balaban J connectivity index is 1.80. The number of benzene rings is 1. The normalized spacial score (nSPS) is 10.5. The Morgan fingerprint density at radius 3 is 2.96 bits per heavy atom. The molecule has 0 radical (unpaired) electrons. The zero-order valence-electron chi connectivity index (χ0n) is 12.5. The van der Waals surface area contributed by atoms with Crippen LogP contribution < -0.4 is 5.32 Å². The van der Waals surface area contributed by atoms with Crippen molar-refractivity contribution < 1.29 is 9.90 Å². The van der Waals surface area contributed by atoms with E-state index in [1.807, 2.05) is 24.4 Å². The molecule has 1 amide bonds. The van der Waals surface area contributed by atoms with Crippen LogP contribution >= 0.6 is 11.3 Å². The summed E-state index contributed by atoms with van der Waals surface area (Å²) in [6.07, 6.45) is 4.21. The van der Waals surface area contributed by atoms with Crippen molar-refractivity contribution in [1.29, 1.82) is 0 Å². The topological polar surface area (TPSA) is 75.1 Å². The van der Waals surface area contributed by atoms with Gasteiger partial charge in [-0.15, -0.1) is 11.3 Å². The maximum absolute atomic E-state index is 12.3. The molecule has 116 valence electrons. The van der Waals surface area contributed by atoms with Crippen LogP contribution in [0.15, 0.2) is 48.1 Å². The highest BCUT2D eigenvalue weighted by molar-refractivity contribution is 7.14. The fourth-order valence-corrected chi connectivity index (χ4v) is 2.84. The van der Waals surface area contributed by atoms with Gasteiger partial charge in [0.05, 0.1) is 11.3 Å². The van der Waals surface area contributed by atoms with E-state index < -0.39 is 0 Å². The molecular formula is C17H15N3O2S. The molecule has 1 aromatic carbocycles. The molecule has 0 aliphatic heterocycles. The number of rotatable bonds is 4. The van der Waals surface area contributed by atoms with Crippen LogP contribution in [0.2, 0.25) is 0 Å². The number of pyridine rings is 1. The molecule has 5 nitrogen and oxygen atoms in total. The molecule has 2 aromatic heterocycles. The summed E-state index contributed by atoms with van der Waals surface area (Å²) in [5, 5.41) is 14.9. The number of hydrogen-bond acceptors (Lipinski definition) is 5. The lowest BCUT2D eigenvalue weighted by Gasteiger charge is -2.06. The summed E-state index contributed by atoms with van der Waals surface area (Å²) in [4.78, 5) is 20.8. The molecule has 3 rings (SSSR count). The smallest absolute Gasteiger partial charge is 0.261 e. The van der Waals surface area contributed by atoms with Crippen molar-refractivity contribution in [2.75, 3.05) is 5.32 Å². The van der Waals surface area contributed by atoms with Gasteiger partial charge in [0, 0.05) is 23.3 Å². The van der Waals surface area contributed by atoms with Crippen molar-refractivity contribution in [2.45, 2.75) is 13.3 Å². The minimum atomic E-state index is -0.370. The molecule has 6 heteroatoms. The third-order valence-electron chi connectivity index (χ3n) is 3.40. The molecule has 0 fully saturated rings. The number of nitrogens with zero attached hydrogens (tertiary/aromatic N) is 2. The number of carbonyl (C=O) groups is 1. The molecule has 0 saturated heterocycles. The van der Waals surface area contributed by atoms with Crippen molar-refractivity contribution in [3.05, 3.63) is 59.2 Å². The molecule has 2 N–H and O–H groups in total. The van der Waals surface area contributed by atoms with Crippen LogP contribution in [-0.2, 0) is 6.42 Å². The average molecular weight is 325 g/mol. The van der Waals surface area contributed by atoms with E-state index in [1.54, 1.807) is 24.5 Å². The molecule has 23 heavy (non-hydrogen) atoms. The second kappa shape index (κ2) is 6.58. The number of aromatic hydroxyl groups is 1. The number of hydrogen-bond donors (Lipinski definition) is 2. The number of phenolic OH excluding ortho intramolecular Hbond substituents is 1. The summed E-state index contributed by atoms with van der Waals surface area (Å²) in [5.74, 6) is -0.409. The predicted octanol–water partition coefficient (Wildman–Crippen LogP) is 3.73. The Bertz CT molecular complexity index is 831. The Morgan fingerprint density at radius 2 is 2.22 bits per heavy atom. The quantitative estimate of drug-likeness (QED) is 0.766. The molecule has 0 aliphatic carbocycles. The fourth-order valence-electron chi connectivity index (χ4n) is 2.13. The zero-order valence-corrected chi connectivity index (χ0v) is 13.3. The van der Waals surface area contributed by atoms with Crippen LogP contribution in [0.25, 0.3) is 11.3 Å². The number of nitrogens with one attached hydrogen (secondary N) is 1. The van der Waals surface area contributed by atoms with Gasteiger partial charge in [0.15, 0.2) is 5.13 Å². The van der Waals surface area contributed by atoms with E-state index >= 15 is 0 Å². The largest absolute Gasteiger partial charge is 0.507 e. The maximum atomic E-state index is 12.3. The van der Waals surface area contributed by atoms with E-state index in [-0.39, 0.29) is 17.2 Å². The van der Waals surface area contributed by atoms with E-state index in [2.05, 4.69) is 15.3 Å². The van der Waals surface area contributed by atoms with Crippen LogP contribution in [0.5, 0.6) is 5.75 Å². The van der Waals surface area contributed by atoms with E-state index in [0.717, 1.165) is 23.2 Å². The van der Waals surface area contributed by atoms with Gasteiger partial charge in [-0.25, -0.2) is 4.98 Å². The Morgan fingerprint density at radius 1 is 1.35 bits per heavy atom. The Hall–Kier alpha value is -2.73. The van der Waals surface area contributed by atoms with Crippen LogP contribution in [0.1, 0.15) is 22.8 Å². The zero-order chi connectivity index (χ0) is 16.2. The molecule has 0 unspecified atom stereocenters. The second-order valence-electron chi connectivity index (χ2n) is 4.94. The van der Waals surface area contributed by atoms with Crippen LogP contribution in [-0.4, -0.2) is 21.0 Å². The number of aryl methyl sites for hydroxylation is 1. The first-order valence-electron chi connectivity index (χ1n) is 7.16. The number of anilines is 1. The number of phenols is 1. The summed E-state index contributed by atoms with van der Waals surface area (Å²) < 4.78 is 0. The summed E-state index contributed by atoms with van der Waals surface area (Å²) in [5.41, 5.74) is 2.88. The van der Waals surface area contributed by atoms with E-state index in [9.17, 15) is 9.90 Å². The number of thiazole rings is 1. The third-order valence-corrected chi connectivity index (χ3v) is 4.15. The van der Waals surface area contributed by atoms with Crippen molar-refractivity contribution >= 4 is 22.4 Å². The first-order chi connectivity index (χ1) is 11.2. The standard InChI is InChI=1S/C17H15N3O2S/c1-2-11-5-6-15(21)13(8-11)16(22)20-17-19-14(10-23-17)12-4-3-7-18-9-12/h3-10,21H,2H2,1H3,(H,19,20,22). The highest BCUT2D eigenvalue weighted by atomic mass is 32.1. The first kappa shape index (κ1) is 15.2. The van der Waals surface area contributed by atoms with Crippen LogP contribution in [0, 0.1) is 0 Å². The van der Waals surface area contributed by atoms with E-state index in [1.165, 1.54) is 17.4 Å². The van der Waals surface area contributed by atoms with E-state index in [4.69, 9.17) is 0 Å². The lowest BCUT2D eigenvalue weighted by atomic mass is 10.1. The first-order valence-corrected chi connectivity index (χ1v) is 8.04. The van der Waals surface area contributed by atoms with Gasteiger partial charge >= 0.3 is 0 Å². The minimum Gasteiger partial charge on any atom is -0.507 e. The van der Waals surface area contributed by atoms with Crippen molar-refractivity contribution in [3.8, 4) is 17.0 Å². The third kappa shape index (κ3) is 3.37. The van der Waals surface area contributed by atoms with Gasteiger partial charge < -0.3 is 5.11 Å². The molecule has 0 bridgehead atoms. The second-order valence-corrected chi connectivity index (χ2v) is 5.80. The highest BCUT2D eigenvalue weighted by Crippen LogP contribution is 2.26. The lowest BCUT2D eigenvalue weighted by molar-refractivity contribution is 0.102. The highest BCUT2D eigenvalue weighted by Gasteiger charge is 2.14. The maximum Gasteiger partial charge on any atom is 0.261 e. The molecule has 0 atom stereocenters. The molecule has 0 saturated carbocycles. The molecule has 3 aromatic rings. The van der Waals surface area contributed by atoms with Gasteiger partial charge in [0.2, 0.25) is 0 Å². The number of amides is 1. The molecule has 2 heterocycles. The van der Waals surface area contributed by atoms with Crippen molar-refractivity contribution in [3.63, 3.8) is 0 Å². The Labute approximate surface area is 137 Å². The lowest BCUT2D eigenvalue weighted by Crippen LogP contribution is -2.12. The predicted molar refractivity (Wildman–Crippen MR) is 90.8 cm³/mol. The summed E-state index contributed by atoms with van der Waals surface area (Å²) in [7, 11) is 0. The number of aromatic nitrogens is 2. The van der Waals surface area contributed by atoms with Crippen LogP contribution in [0.4, 0.5) is 5.13 Å². The average Bonchev–Trinajstić information content (AvgIpc) is 3.04. The van der Waals surface area contributed by atoms with Gasteiger partial charge in [-0.3, -0.25) is 15.1 Å². The molecule has 0 aliphatic rings. The van der Waals surface area contributed by atoms with Gasteiger partial charge in [0.25, 0.3) is 5.91 Å². The number of carbonyl (C=O) groups excluding carboxylic acids is 1. The van der Waals surface area contributed by atoms with Crippen molar-refractivity contribution in [2.24, 2.45) is 0 Å². The van der Waals surface area contributed by atoms with Gasteiger partial charge in [-0.1, -0.05) is 13.0 Å². The van der Waals surface area contributed by atoms with Gasteiger partial charge in [0.1, 0.15) is 5.75 Å². The summed E-state index contributed by atoms with van der Waals surface area (Å²) in [6.45, 7) is 2.00. The summed E-state index contributed by atoms with van der Waals surface area (Å²) in [6, 6.07) is 8.78. The fraction of sp³-hybridized carbons (Fsp3) is 0.118. The molecule has 0 spiro atoms. The van der Waals surface area contributed by atoms with Crippen LogP contribution in [0.3, 0.4) is 0 Å². The van der Waals surface area contributed by atoms with E-state index in [0.29, 0.717) is 5.13 Å². The van der Waals surface area contributed by atoms with Crippen molar-refractivity contribution in [1.82, 2.24) is 9.97 Å². The minimum absolute atomic E-state index is 0.0382. The molecular weight excluding hydrogens is 310 g/mol. The monoisotopic (exact) mass is 325 g/mol. The summed E-state index contributed by atoms with van der Waals surface area (Å²) >= 11 is 1.33. The Kier molecular flexibility index (Phi) is 4.34. The van der Waals surface area contributed by atoms with Gasteiger partial charge in [-0.2, -0.15) is 0 Å². The van der Waals surface area contributed by atoms with Gasteiger partial charge in [-0.05, 0) is 36.2 Å². The SMILES string of the molecule is CCc1ccc(O)c(C(=O)Nc2nc(-c3cccnc3)cs2)c1.